The van der Waals surface area contributed by atoms with Gasteiger partial charge in [-0.1, -0.05) is 11.3 Å². The summed E-state index contributed by atoms with van der Waals surface area (Å²) in [5, 5.41) is 25.2. The molecular formula is C11H11ClN2O2S. The zero-order valence-electron chi connectivity index (χ0n) is 8.85. The van der Waals surface area contributed by atoms with Gasteiger partial charge in [0, 0.05) is 10.9 Å². The van der Waals surface area contributed by atoms with Gasteiger partial charge in [-0.05, 0) is 18.2 Å². The second-order valence-corrected chi connectivity index (χ2v) is 4.57. The lowest BCUT2D eigenvalue weighted by Crippen LogP contribution is -3.00. The quantitative estimate of drug-likeness (QED) is 0.439. The van der Waals surface area contributed by atoms with E-state index < -0.39 is 0 Å². The van der Waals surface area contributed by atoms with Crippen molar-refractivity contribution in [2.75, 3.05) is 11.9 Å². The molecule has 0 atom stereocenters. The lowest BCUT2D eigenvalue weighted by Gasteiger charge is -2.01. The van der Waals surface area contributed by atoms with Crippen molar-refractivity contribution in [3.8, 4) is 22.8 Å². The molecule has 1 aromatic heterocycles. The number of halogens is 1. The molecule has 0 amide bonds. The zero-order valence-corrected chi connectivity index (χ0v) is 10.4. The van der Waals surface area contributed by atoms with Crippen LogP contribution in [0.2, 0.25) is 0 Å². The molecule has 2 aromatic rings. The molecule has 17 heavy (non-hydrogen) atoms. The molecule has 0 saturated carbocycles. The van der Waals surface area contributed by atoms with Crippen LogP contribution in [0, 0.1) is 0 Å². The topological polar surface area (TPSA) is 56.4 Å². The highest BCUT2D eigenvalue weighted by Crippen LogP contribution is 2.31. The molecule has 6 heteroatoms. The number of nitrogens with zero attached hydrogens (tertiary/aromatic N) is 1. The second-order valence-electron chi connectivity index (χ2n) is 3.71. The molecule has 0 aliphatic carbocycles. The van der Waals surface area contributed by atoms with E-state index in [0.717, 1.165) is 29.5 Å². The number of rotatable bonds is 1. The molecule has 0 radical (unpaired) electrons. The number of aromatic nitrogens is 1. The van der Waals surface area contributed by atoms with Crippen molar-refractivity contribution in [2.24, 2.45) is 0 Å². The van der Waals surface area contributed by atoms with E-state index in [2.05, 4.69) is 9.88 Å². The maximum absolute atomic E-state index is 9.48. The summed E-state index contributed by atoms with van der Waals surface area (Å²) in [6, 6.07) is 4.91. The average molecular weight is 271 g/mol. The fourth-order valence-corrected chi connectivity index (χ4v) is 2.88. The van der Waals surface area contributed by atoms with Crippen LogP contribution in [-0.4, -0.2) is 16.8 Å². The molecule has 0 bridgehead atoms. The first-order valence-corrected chi connectivity index (χ1v) is 5.91. The maximum Gasteiger partial charge on any atom is 0.334 e. The maximum atomic E-state index is 9.48. The van der Waals surface area contributed by atoms with Gasteiger partial charge in [-0.3, -0.25) is 5.32 Å². The summed E-state index contributed by atoms with van der Waals surface area (Å²) in [5.41, 5.74) is 1.99. The number of phenolic OH excluding ortho intramolecular Hbond substituents is 2. The monoisotopic (exact) mass is 270 g/mol. The largest absolute Gasteiger partial charge is 1.00 e. The predicted molar refractivity (Wildman–Crippen MR) is 61.8 cm³/mol. The Kier molecular flexibility index (Phi) is 3.13. The van der Waals surface area contributed by atoms with Crippen LogP contribution in [0.4, 0.5) is 5.13 Å². The second kappa shape index (κ2) is 4.43. The van der Waals surface area contributed by atoms with Crippen molar-refractivity contribution in [3.63, 3.8) is 0 Å². The van der Waals surface area contributed by atoms with Gasteiger partial charge < -0.3 is 22.6 Å². The molecule has 1 aliphatic rings. The van der Waals surface area contributed by atoms with Gasteiger partial charge in [0.25, 0.3) is 0 Å². The Hall–Kier alpha value is -1.46. The van der Waals surface area contributed by atoms with Gasteiger partial charge in [0.1, 0.15) is 18.8 Å². The van der Waals surface area contributed by atoms with Crippen LogP contribution in [0.15, 0.2) is 23.6 Å². The molecule has 0 unspecified atom stereocenters. The highest BCUT2D eigenvalue weighted by atomic mass is 35.5. The Bertz CT molecular complexity index is 556. The standard InChI is InChI=1S/C11H10N2O2S.ClH/c14-9-2-1-7(5-10(9)15)8-6-16-11-12-3-4-13(8)11;/h1-2,5-6,14-15H,3-4H2;1H. The van der Waals surface area contributed by atoms with Gasteiger partial charge in [0.05, 0.1) is 0 Å². The van der Waals surface area contributed by atoms with E-state index >= 15 is 0 Å². The fraction of sp³-hybridized carbons (Fsp3) is 0.182. The number of hydrogen-bond acceptors (Lipinski definition) is 4. The fourth-order valence-electron chi connectivity index (χ4n) is 1.89. The molecule has 90 valence electrons. The summed E-state index contributed by atoms with van der Waals surface area (Å²) in [6.07, 6.45) is 0. The van der Waals surface area contributed by atoms with Crippen LogP contribution < -0.4 is 22.3 Å². The number of thiazole rings is 1. The van der Waals surface area contributed by atoms with Gasteiger partial charge in [-0.25, -0.2) is 4.57 Å². The van der Waals surface area contributed by atoms with Crippen molar-refractivity contribution in [3.05, 3.63) is 23.6 Å². The van der Waals surface area contributed by atoms with E-state index in [1.165, 1.54) is 6.07 Å². The Balaban J connectivity index is 0.00000108. The lowest BCUT2D eigenvalue weighted by atomic mass is 10.1. The first kappa shape index (κ1) is 12.0. The number of benzene rings is 1. The smallest absolute Gasteiger partial charge is 0.334 e. The Labute approximate surface area is 109 Å². The van der Waals surface area contributed by atoms with Gasteiger partial charge in [0.15, 0.2) is 11.5 Å². The molecular weight excluding hydrogens is 260 g/mol. The number of anilines is 1. The number of aromatic hydroxyl groups is 2. The molecule has 1 aromatic carbocycles. The van der Waals surface area contributed by atoms with E-state index in [0.29, 0.717) is 0 Å². The van der Waals surface area contributed by atoms with Gasteiger partial charge >= 0.3 is 5.13 Å². The normalized spacial score (nSPS) is 12.7. The van der Waals surface area contributed by atoms with Crippen LogP contribution in [0.5, 0.6) is 11.5 Å². The van der Waals surface area contributed by atoms with Crippen LogP contribution in [0.3, 0.4) is 0 Å². The summed E-state index contributed by atoms with van der Waals surface area (Å²) in [4.78, 5) is 0. The van der Waals surface area contributed by atoms with Crippen molar-refractivity contribution in [2.45, 2.75) is 6.54 Å². The SMILES string of the molecule is Oc1ccc(-c2csc3[n+]2CCN3)cc1O.[Cl-]. The van der Waals surface area contributed by atoms with Crippen LogP contribution in [0.25, 0.3) is 11.3 Å². The molecule has 0 fully saturated rings. The van der Waals surface area contributed by atoms with E-state index in [4.69, 9.17) is 0 Å². The summed E-state index contributed by atoms with van der Waals surface area (Å²) < 4.78 is 2.18. The lowest BCUT2D eigenvalue weighted by molar-refractivity contribution is -0.655. The third-order valence-electron chi connectivity index (χ3n) is 2.70. The number of nitrogens with one attached hydrogen (secondary N) is 1. The third kappa shape index (κ3) is 1.92. The average Bonchev–Trinajstić information content (AvgIpc) is 2.83. The van der Waals surface area contributed by atoms with Crippen LogP contribution >= 0.6 is 11.3 Å². The number of phenols is 2. The molecule has 0 saturated heterocycles. The number of hydrogen-bond donors (Lipinski definition) is 3. The molecule has 4 nitrogen and oxygen atoms in total. The molecule has 3 rings (SSSR count). The van der Waals surface area contributed by atoms with E-state index in [1.807, 2.05) is 11.4 Å². The van der Waals surface area contributed by atoms with Gasteiger partial charge in [0.2, 0.25) is 0 Å². The minimum Gasteiger partial charge on any atom is -1.00 e. The van der Waals surface area contributed by atoms with E-state index in [1.54, 1.807) is 17.4 Å². The van der Waals surface area contributed by atoms with Crippen LogP contribution in [0.1, 0.15) is 0 Å². The summed E-state index contributed by atoms with van der Waals surface area (Å²) in [5.74, 6) is -0.164. The molecule has 3 N–H and O–H groups in total. The summed E-state index contributed by atoms with van der Waals surface area (Å²) >= 11 is 1.65. The minimum absolute atomic E-state index is 0. The highest BCUT2D eigenvalue weighted by molar-refractivity contribution is 7.13. The first-order chi connectivity index (χ1) is 7.75. The third-order valence-corrected chi connectivity index (χ3v) is 3.63. The van der Waals surface area contributed by atoms with Gasteiger partial charge in [-0.15, -0.1) is 0 Å². The number of fused-ring (bicyclic) bond motifs is 1. The highest BCUT2D eigenvalue weighted by Gasteiger charge is 2.24. The minimum atomic E-state index is -0.0845. The Morgan fingerprint density at radius 3 is 2.82 bits per heavy atom. The molecule has 2 heterocycles. The van der Waals surface area contributed by atoms with Crippen LogP contribution in [-0.2, 0) is 6.54 Å². The van der Waals surface area contributed by atoms with Crippen molar-refractivity contribution < 1.29 is 27.2 Å². The van der Waals surface area contributed by atoms with E-state index in [9.17, 15) is 10.2 Å². The summed E-state index contributed by atoms with van der Waals surface area (Å²) in [7, 11) is 0. The predicted octanol–water partition coefficient (Wildman–Crippen LogP) is -1.46. The zero-order chi connectivity index (χ0) is 11.1. The molecule has 0 spiro atoms. The van der Waals surface area contributed by atoms with Gasteiger partial charge in [-0.2, -0.15) is 0 Å². The Morgan fingerprint density at radius 1 is 1.24 bits per heavy atom. The van der Waals surface area contributed by atoms with Crippen molar-refractivity contribution >= 4 is 16.5 Å². The van der Waals surface area contributed by atoms with Crippen molar-refractivity contribution in [1.82, 2.24) is 0 Å². The molecule has 1 aliphatic heterocycles. The first-order valence-electron chi connectivity index (χ1n) is 5.03. The van der Waals surface area contributed by atoms with Crippen molar-refractivity contribution in [1.29, 1.82) is 0 Å². The van der Waals surface area contributed by atoms with E-state index in [-0.39, 0.29) is 23.9 Å². The Morgan fingerprint density at radius 2 is 2.06 bits per heavy atom. The summed E-state index contributed by atoms with van der Waals surface area (Å²) in [6.45, 7) is 1.89.